The molecule has 1 fully saturated rings. The van der Waals surface area contributed by atoms with Gasteiger partial charge in [-0.15, -0.1) is 0 Å². The Balaban J connectivity index is 1.81. The predicted octanol–water partition coefficient (Wildman–Crippen LogP) is 2.35. The van der Waals surface area contributed by atoms with Crippen LogP contribution in [0, 0.1) is 0 Å². The highest BCUT2D eigenvalue weighted by Gasteiger charge is 2.26. The number of carbonyl (C=O) groups is 2. The zero-order valence-corrected chi connectivity index (χ0v) is 16.9. The van der Waals surface area contributed by atoms with Gasteiger partial charge in [-0.1, -0.05) is 6.07 Å². The van der Waals surface area contributed by atoms with Crippen molar-refractivity contribution in [1.82, 2.24) is 20.5 Å². The number of hydrogen-bond donors (Lipinski definition) is 2. The van der Waals surface area contributed by atoms with Crippen LogP contribution in [0.2, 0.25) is 0 Å². The molecule has 0 unspecified atom stereocenters. The third kappa shape index (κ3) is 6.96. The van der Waals surface area contributed by atoms with Crippen LogP contribution in [0.4, 0.5) is 15.4 Å². The van der Waals surface area contributed by atoms with Gasteiger partial charge in [0.1, 0.15) is 11.4 Å². The van der Waals surface area contributed by atoms with Gasteiger partial charge >= 0.3 is 12.1 Å². The Morgan fingerprint density at radius 2 is 2.07 bits per heavy atom. The Labute approximate surface area is 161 Å². The van der Waals surface area contributed by atoms with E-state index in [-0.39, 0.29) is 12.1 Å². The van der Waals surface area contributed by atoms with Crippen molar-refractivity contribution in [1.29, 1.82) is 0 Å². The van der Waals surface area contributed by atoms with Crippen LogP contribution < -0.4 is 15.5 Å². The van der Waals surface area contributed by atoms with Crippen molar-refractivity contribution in [3.63, 3.8) is 0 Å². The fraction of sp³-hybridized carbons (Fsp3) is 0.632. The highest BCUT2D eigenvalue weighted by Crippen LogP contribution is 2.13. The van der Waals surface area contributed by atoms with Crippen molar-refractivity contribution in [2.45, 2.75) is 51.8 Å². The molecule has 1 aromatic heterocycles. The summed E-state index contributed by atoms with van der Waals surface area (Å²) in [4.78, 5) is 32.4. The van der Waals surface area contributed by atoms with Crippen molar-refractivity contribution in [3.8, 4) is 0 Å². The Bertz CT molecular complexity index is 640. The third-order valence-corrected chi connectivity index (χ3v) is 4.14. The maximum atomic E-state index is 12.4. The first-order valence-corrected chi connectivity index (χ1v) is 9.28. The first kappa shape index (κ1) is 20.8. The first-order valence-electron chi connectivity index (χ1n) is 9.28. The lowest BCUT2D eigenvalue weighted by molar-refractivity contribution is 0.0479. The van der Waals surface area contributed by atoms with Gasteiger partial charge < -0.3 is 25.2 Å². The number of nitrogens with zero attached hydrogens (tertiary/aromatic N) is 3. The average molecular weight is 377 g/mol. The van der Waals surface area contributed by atoms with E-state index < -0.39 is 11.7 Å². The van der Waals surface area contributed by atoms with E-state index in [1.165, 1.54) is 0 Å². The van der Waals surface area contributed by atoms with E-state index in [0.717, 1.165) is 24.2 Å². The number of alkyl carbamates (subject to hydrolysis) is 1. The van der Waals surface area contributed by atoms with E-state index >= 15 is 0 Å². The van der Waals surface area contributed by atoms with Crippen LogP contribution in [0.5, 0.6) is 0 Å². The van der Waals surface area contributed by atoms with Crippen molar-refractivity contribution >= 4 is 17.9 Å². The van der Waals surface area contributed by atoms with Crippen LogP contribution in [0.15, 0.2) is 18.3 Å². The molecule has 0 radical (unpaired) electrons. The number of aromatic nitrogens is 1. The lowest BCUT2D eigenvalue weighted by Crippen LogP contribution is -2.52. The second kappa shape index (κ2) is 8.92. The summed E-state index contributed by atoms with van der Waals surface area (Å²) in [6, 6.07) is 3.64. The molecule has 2 heterocycles. The maximum absolute atomic E-state index is 12.4. The molecule has 27 heavy (non-hydrogen) atoms. The monoisotopic (exact) mass is 377 g/mol. The number of likely N-dealkylation sites (tertiary alicyclic amines) is 1. The topological polar surface area (TPSA) is 86.8 Å². The molecule has 0 aliphatic carbocycles. The van der Waals surface area contributed by atoms with Gasteiger partial charge in [0.05, 0.1) is 0 Å². The molecule has 2 rings (SSSR count). The van der Waals surface area contributed by atoms with E-state index in [4.69, 9.17) is 4.74 Å². The SMILES string of the molecule is CN(C)c1ccc(CNC(=O)N2CCC[C@H](NC(=O)OC(C)(C)C)C2)cn1. The number of rotatable bonds is 4. The normalized spacial score (nSPS) is 17.2. The molecule has 0 bridgehead atoms. The minimum absolute atomic E-state index is 0.0969. The van der Waals surface area contributed by atoms with E-state index in [1.807, 2.05) is 51.9 Å². The fourth-order valence-corrected chi connectivity index (χ4v) is 2.83. The van der Waals surface area contributed by atoms with Gasteiger partial charge in [-0.3, -0.25) is 0 Å². The second-order valence-corrected chi connectivity index (χ2v) is 8.01. The van der Waals surface area contributed by atoms with Crippen LogP contribution in [0.1, 0.15) is 39.2 Å². The molecular formula is C19H31N5O3. The number of pyridine rings is 1. The van der Waals surface area contributed by atoms with Gasteiger partial charge in [0.15, 0.2) is 0 Å². The minimum Gasteiger partial charge on any atom is -0.444 e. The number of nitrogens with one attached hydrogen (secondary N) is 2. The fourth-order valence-electron chi connectivity index (χ4n) is 2.83. The highest BCUT2D eigenvalue weighted by molar-refractivity contribution is 5.74. The number of piperidine rings is 1. The van der Waals surface area contributed by atoms with Crippen LogP contribution in [-0.2, 0) is 11.3 Å². The minimum atomic E-state index is -0.536. The van der Waals surface area contributed by atoms with Gasteiger partial charge in [-0.2, -0.15) is 0 Å². The zero-order chi connectivity index (χ0) is 20.0. The maximum Gasteiger partial charge on any atom is 0.407 e. The van der Waals surface area contributed by atoms with Crippen LogP contribution in [0.3, 0.4) is 0 Å². The van der Waals surface area contributed by atoms with Crippen LogP contribution in [0.25, 0.3) is 0 Å². The Hall–Kier alpha value is -2.51. The van der Waals surface area contributed by atoms with E-state index in [2.05, 4.69) is 15.6 Å². The molecule has 0 aromatic carbocycles. The van der Waals surface area contributed by atoms with Gasteiger partial charge in [0.2, 0.25) is 0 Å². The highest BCUT2D eigenvalue weighted by atomic mass is 16.6. The Morgan fingerprint density at radius 3 is 2.67 bits per heavy atom. The Kier molecular flexibility index (Phi) is 6.87. The summed E-state index contributed by atoms with van der Waals surface area (Å²) in [5, 5.41) is 5.77. The molecule has 1 aromatic rings. The number of hydrogen-bond acceptors (Lipinski definition) is 5. The molecule has 3 amide bonds. The van der Waals surface area contributed by atoms with E-state index in [0.29, 0.717) is 19.6 Å². The summed E-state index contributed by atoms with van der Waals surface area (Å²) in [5.41, 5.74) is 0.404. The largest absolute Gasteiger partial charge is 0.444 e. The lowest BCUT2D eigenvalue weighted by Gasteiger charge is -2.33. The summed E-state index contributed by atoms with van der Waals surface area (Å²) >= 11 is 0. The molecule has 0 spiro atoms. The standard InChI is InChI=1S/C19H31N5O3/c1-19(2,3)27-18(26)22-15-7-6-10-24(13-15)17(25)21-12-14-8-9-16(20-11-14)23(4)5/h8-9,11,15H,6-7,10,12-13H2,1-5H3,(H,21,25)(H,22,26)/t15-/m0/s1. The molecule has 150 valence electrons. The number of anilines is 1. The van der Waals surface area contributed by atoms with Crippen LogP contribution >= 0.6 is 0 Å². The number of ether oxygens (including phenoxy) is 1. The molecule has 1 aliphatic rings. The van der Waals surface area contributed by atoms with Crippen LogP contribution in [-0.4, -0.2) is 60.8 Å². The molecule has 1 aliphatic heterocycles. The van der Waals surface area contributed by atoms with Gasteiger partial charge in [-0.25, -0.2) is 14.6 Å². The van der Waals surface area contributed by atoms with Gasteiger partial charge in [0, 0.05) is 46.0 Å². The van der Waals surface area contributed by atoms with Gasteiger partial charge in [-0.05, 0) is 45.2 Å². The van der Waals surface area contributed by atoms with E-state index in [9.17, 15) is 9.59 Å². The summed E-state index contributed by atoms with van der Waals surface area (Å²) in [5.74, 6) is 0.872. The number of carbonyl (C=O) groups excluding carboxylic acids is 2. The molecular weight excluding hydrogens is 346 g/mol. The van der Waals surface area contributed by atoms with Crippen molar-refractivity contribution in [3.05, 3.63) is 23.9 Å². The third-order valence-electron chi connectivity index (χ3n) is 4.14. The molecule has 8 heteroatoms. The first-order chi connectivity index (χ1) is 12.6. The number of urea groups is 1. The van der Waals surface area contributed by atoms with Crippen molar-refractivity contribution in [2.75, 3.05) is 32.1 Å². The second-order valence-electron chi connectivity index (χ2n) is 8.01. The van der Waals surface area contributed by atoms with Crippen molar-refractivity contribution in [2.24, 2.45) is 0 Å². The average Bonchev–Trinajstić information content (AvgIpc) is 2.58. The summed E-state index contributed by atoms with van der Waals surface area (Å²) in [6.45, 7) is 7.05. The number of amides is 3. The zero-order valence-electron chi connectivity index (χ0n) is 16.9. The summed E-state index contributed by atoms with van der Waals surface area (Å²) in [6.07, 6.45) is 2.99. The van der Waals surface area contributed by atoms with Crippen molar-refractivity contribution < 1.29 is 14.3 Å². The smallest absolute Gasteiger partial charge is 0.407 e. The molecule has 1 saturated heterocycles. The predicted molar refractivity (Wildman–Crippen MR) is 105 cm³/mol. The molecule has 2 N–H and O–H groups in total. The summed E-state index contributed by atoms with van der Waals surface area (Å²) in [7, 11) is 3.86. The van der Waals surface area contributed by atoms with Gasteiger partial charge in [0.25, 0.3) is 0 Å². The molecule has 8 nitrogen and oxygen atoms in total. The lowest BCUT2D eigenvalue weighted by atomic mass is 10.1. The summed E-state index contributed by atoms with van der Waals surface area (Å²) < 4.78 is 5.29. The Morgan fingerprint density at radius 1 is 1.33 bits per heavy atom. The van der Waals surface area contributed by atoms with E-state index in [1.54, 1.807) is 11.1 Å². The quantitative estimate of drug-likeness (QED) is 0.841. The molecule has 1 atom stereocenters. The molecule has 0 saturated carbocycles.